The Morgan fingerprint density at radius 3 is 1.85 bits per heavy atom. The van der Waals surface area contributed by atoms with Gasteiger partial charge in [-0.15, -0.1) is 0 Å². The van der Waals surface area contributed by atoms with E-state index in [1.54, 1.807) is 31.2 Å². The number of nitrogens with two attached hydrogens (primary N) is 1. The Morgan fingerprint density at radius 1 is 0.788 bits per heavy atom. The largest absolute Gasteiger partial charge is 0.462 e. The van der Waals surface area contributed by atoms with E-state index >= 15 is 0 Å². The second-order valence-electron chi connectivity index (χ2n) is 7.29. The van der Waals surface area contributed by atoms with Gasteiger partial charge in [-0.3, -0.25) is 0 Å². The predicted octanol–water partition coefficient (Wildman–Crippen LogP) is 7.15. The van der Waals surface area contributed by atoms with E-state index in [0.29, 0.717) is 11.8 Å². The van der Waals surface area contributed by atoms with Crippen molar-refractivity contribution >= 4 is 17.1 Å². The van der Waals surface area contributed by atoms with Gasteiger partial charge in [0.25, 0.3) is 0 Å². The molecule has 1 atom stereocenters. The molecule has 1 unspecified atom stereocenters. The molecule has 3 aromatic carbocycles. The van der Waals surface area contributed by atoms with Gasteiger partial charge in [-0.05, 0) is 60.0 Å². The number of benzene rings is 3. The van der Waals surface area contributed by atoms with E-state index in [-0.39, 0.29) is 17.3 Å². The molecule has 0 heterocycles. The summed E-state index contributed by atoms with van der Waals surface area (Å²) in [6.07, 6.45) is -7.96. The molecular weight excluding hydrogens is 446 g/mol. The number of hydrogen-bond donors (Lipinski definition) is 3. The van der Waals surface area contributed by atoms with Gasteiger partial charge in [0, 0.05) is 23.0 Å². The van der Waals surface area contributed by atoms with Crippen LogP contribution in [0.1, 0.15) is 29.5 Å². The fourth-order valence-corrected chi connectivity index (χ4v) is 3.32. The molecule has 3 nitrogen and oxygen atoms in total. The van der Waals surface area contributed by atoms with Crippen LogP contribution in [0.15, 0.2) is 60.7 Å². The third-order valence-corrected chi connectivity index (χ3v) is 4.94. The number of rotatable bonds is 4. The zero-order valence-corrected chi connectivity index (χ0v) is 17.1. The summed E-state index contributed by atoms with van der Waals surface area (Å²) in [5.74, 6) is 2.32. The summed E-state index contributed by atoms with van der Waals surface area (Å²) in [7, 11) is 0. The lowest BCUT2D eigenvalue weighted by atomic mass is 9.93. The van der Waals surface area contributed by atoms with Gasteiger partial charge in [0.15, 0.2) is 0 Å². The summed E-state index contributed by atoms with van der Waals surface area (Å²) in [6, 6.07) is 12.3. The van der Waals surface area contributed by atoms with Crippen LogP contribution in [0.4, 0.5) is 43.4 Å². The zero-order chi connectivity index (χ0) is 24.4. The number of alkyl halides is 6. The first-order valence-electron chi connectivity index (χ1n) is 9.60. The lowest BCUT2D eigenvalue weighted by molar-refractivity contribution is -0.139. The molecule has 0 fully saturated rings. The summed E-state index contributed by atoms with van der Waals surface area (Å²) in [6.45, 7) is 1.77. The molecular formula is C24H18F6N2O. The molecule has 0 radical (unpaired) electrons. The molecule has 0 aliphatic heterocycles. The maximum atomic E-state index is 13.8. The van der Waals surface area contributed by atoms with Gasteiger partial charge in [-0.25, -0.2) is 0 Å². The molecule has 172 valence electrons. The molecule has 9 heteroatoms. The number of nitrogen functional groups attached to an aromatic ring is 1. The Balaban J connectivity index is 2.02. The van der Waals surface area contributed by atoms with Crippen LogP contribution >= 0.6 is 0 Å². The number of aliphatic hydroxyl groups excluding tert-OH is 1. The van der Waals surface area contributed by atoms with Crippen molar-refractivity contribution in [3.63, 3.8) is 0 Å². The zero-order valence-electron chi connectivity index (χ0n) is 17.1. The van der Waals surface area contributed by atoms with Crippen molar-refractivity contribution in [2.24, 2.45) is 0 Å². The average Bonchev–Trinajstić information content (AvgIpc) is 2.73. The molecule has 0 saturated carbocycles. The normalized spacial score (nSPS) is 12.6. The van der Waals surface area contributed by atoms with Crippen molar-refractivity contribution in [1.82, 2.24) is 0 Å². The number of hydrogen-bond acceptors (Lipinski definition) is 3. The van der Waals surface area contributed by atoms with Crippen LogP contribution in [-0.2, 0) is 12.4 Å². The second kappa shape index (κ2) is 8.98. The average molecular weight is 464 g/mol. The number of halogens is 6. The number of anilines is 3. The minimum Gasteiger partial charge on any atom is -0.462 e. The van der Waals surface area contributed by atoms with Crippen molar-refractivity contribution in [3.8, 4) is 23.2 Å². The highest BCUT2D eigenvalue weighted by Crippen LogP contribution is 2.44. The molecule has 0 spiro atoms. The fraction of sp³-hybridized carbons (Fsp3) is 0.167. The molecule has 3 aromatic rings. The Kier molecular flexibility index (Phi) is 6.49. The molecule has 0 aromatic heterocycles. The highest BCUT2D eigenvalue weighted by molar-refractivity contribution is 5.77. The lowest BCUT2D eigenvalue weighted by Gasteiger charge is -2.19. The highest BCUT2D eigenvalue weighted by atomic mass is 19.4. The summed E-state index contributed by atoms with van der Waals surface area (Å²) in [5.41, 5.74) is 2.84. The van der Waals surface area contributed by atoms with Gasteiger partial charge in [0.2, 0.25) is 0 Å². The van der Waals surface area contributed by atoms with E-state index in [1.807, 2.05) is 6.11 Å². The molecule has 0 aliphatic rings. The van der Waals surface area contributed by atoms with Gasteiger partial charge in [-0.2, -0.15) is 26.3 Å². The lowest BCUT2D eigenvalue weighted by Crippen LogP contribution is -2.12. The minimum absolute atomic E-state index is 0.0472. The van der Waals surface area contributed by atoms with E-state index in [4.69, 9.17) is 10.8 Å². The monoisotopic (exact) mass is 464 g/mol. The maximum absolute atomic E-state index is 13.8. The van der Waals surface area contributed by atoms with Crippen LogP contribution in [0, 0.1) is 12.0 Å². The van der Waals surface area contributed by atoms with Crippen LogP contribution in [0.3, 0.4) is 0 Å². The fourth-order valence-electron chi connectivity index (χ4n) is 3.32. The molecule has 0 bridgehead atoms. The summed E-state index contributed by atoms with van der Waals surface area (Å²) < 4.78 is 81.8. The number of aliphatic hydroxyl groups is 1. The van der Waals surface area contributed by atoms with Crippen LogP contribution in [0.25, 0.3) is 11.1 Å². The Bertz CT molecular complexity index is 1200. The van der Waals surface area contributed by atoms with Crippen molar-refractivity contribution in [2.75, 3.05) is 11.1 Å². The van der Waals surface area contributed by atoms with Crippen molar-refractivity contribution in [3.05, 3.63) is 77.4 Å². The summed E-state index contributed by atoms with van der Waals surface area (Å²) >= 11 is 0. The summed E-state index contributed by atoms with van der Waals surface area (Å²) in [4.78, 5) is 0. The molecule has 33 heavy (non-hydrogen) atoms. The third kappa shape index (κ3) is 5.52. The van der Waals surface area contributed by atoms with Crippen molar-refractivity contribution in [1.29, 1.82) is 0 Å². The van der Waals surface area contributed by atoms with E-state index in [9.17, 15) is 26.3 Å². The first-order valence-corrected chi connectivity index (χ1v) is 9.60. The standard InChI is InChI=1S/C24H18F6N2O/c1-14(10-11-33)15-2-5-17(6-3-15)32-18-7-9-20(22(13-18)24(28,29)30)19-8-4-16(31)12-21(19)23(25,26)27/h2-9,12-14,32-33H,31H2,1H3. The quantitative estimate of drug-likeness (QED) is 0.218. The Morgan fingerprint density at radius 2 is 1.30 bits per heavy atom. The van der Waals surface area contributed by atoms with Gasteiger partial charge < -0.3 is 16.2 Å². The van der Waals surface area contributed by atoms with Gasteiger partial charge in [-0.1, -0.05) is 30.2 Å². The minimum atomic E-state index is -4.90. The van der Waals surface area contributed by atoms with Gasteiger partial charge in [0.1, 0.15) is 6.11 Å². The third-order valence-electron chi connectivity index (χ3n) is 4.94. The van der Waals surface area contributed by atoms with E-state index in [1.165, 1.54) is 6.07 Å². The van der Waals surface area contributed by atoms with E-state index < -0.39 is 34.6 Å². The van der Waals surface area contributed by atoms with Crippen molar-refractivity contribution < 1.29 is 31.4 Å². The van der Waals surface area contributed by atoms with E-state index in [0.717, 1.165) is 29.8 Å². The first-order chi connectivity index (χ1) is 15.4. The van der Waals surface area contributed by atoms with Gasteiger partial charge in [0.05, 0.1) is 11.1 Å². The SMILES string of the molecule is CC(C#CO)c1ccc(Nc2ccc(-c3ccc(N)cc3C(F)(F)F)c(C(F)(F)F)c2)cc1. The molecule has 4 N–H and O–H groups in total. The highest BCUT2D eigenvalue weighted by Gasteiger charge is 2.38. The second-order valence-corrected chi connectivity index (χ2v) is 7.29. The van der Waals surface area contributed by atoms with Crippen LogP contribution in [0.5, 0.6) is 0 Å². The molecule has 0 aliphatic carbocycles. The van der Waals surface area contributed by atoms with Gasteiger partial charge >= 0.3 is 12.4 Å². The molecule has 3 rings (SSSR count). The van der Waals surface area contributed by atoms with Crippen LogP contribution < -0.4 is 11.1 Å². The number of nitrogens with one attached hydrogen (secondary N) is 1. The first kappa shape index (κ1) is 23.9. The van der Waals surface area contributed by atoms with Crippen LogP contribution in [0.2, 0.25) is 0 Å². The Labute approximate surface area is 185 Å². The Hall–Kier alpha value is -3.80. The molecule has 0 amide bonds. The summed E-state index contributed by atoms with van der Waals surface area (Å²) in [5, 5.41) is 11.5. The predicted molar refractivity (Wildman–Crippen MR) is 114 cm³/mol. The van der Waals surface area contributed by atoms with Crippen molar-refractivity contribution in [2.45, 2.75) is 25.2 Å². The molecule has 0 saturated heterocycles. The van der Waals surface area contributed by atoms with Crippen LogP contribution in [-0.4, -0.2) is 5.11 Å². The smallest absolute Gasteiger partial charge is 0.417 e. The maximum Gasteiger partial charge on any atom is 0.417 e. The topological polar surface area (TPSA) is 58.3 Å². The van der Waals surface area contributed by atoms with E-state index in [2.05, 4.69) is 11.2 Å².